The molecule has 146 valence electrons. The van der Waals surface area contributed by atoms with Gasteiger partial charge in [0.05, 0.1) is 7.11 Å². The molecule has 0 bridgehead atoms. The number of hydrogen-bond donors (Lipinski definition) is 1. The molecular weight excluding hydrogens is 380 g/mol. The van der Waals surface area contributed by atoms with Gasteiger partial charge in [-0.05, 0) is 43.9 Å². The fourth-order valence-corrected chi connectivity index (χ4v) is 4.35. The van der Waals surface area contributed by atoms with Crippen LogP contribution < -0.4 is 14.2 Å². The Morgan fingerprint density at radius 2 is 1.74 bits per heavy atom. The molecule has 0 saturated heterocycles. The van der Waals surface area contributed by atoms with Crippen LogP contribution in [0.4, 0.5) is 8.78 Å². The molecule has 1 heterocycles. The summed E-state index contributed by atoms with van der Waals surface area (Å²) in [6.07, 6.45) is 4.93. The smallest absolute Gasteiger partial charge is 0.278 e. The lowest BCUT2D eigenvalue weighted by molar-refractivity contribution is 0.132. The average molecular weight is 399 g/mol. The molecule has 1 aromatic carbocycles. The number of aromatic nitrogens is 2. The summed E-state index contributed by atoms with van der Waals surface area (Å²) in [5.41, 5.74) is 0. The van der Waals surface area contributed by atoms with Crippen molar-refractivity contribution in [1.29, 1.82) is 0 Å². The summed E-state index contributed by atoms with van der Waals surface area (Å²) in [7, 11) is -2.68. The van der Waals surface area contributed by atoms with Crippen molar-refractivity contribution in [3.05, 3.63) is 42.2 Å². The van der Waals surface area contributed by atoms with Gasteiger partial charge in [-0.2, -0.15) is 0 Å². The summed E-state index contributed by atoms with van der Waals surface area (Å²) in [5, 5.41) is 0. The Balaban J connectivity index is 1.60. The highest BCUT2D eigenvalue weighted by atomic mass is 32.2. The van der Waals surface area contributed by atoms with Gasteiger partial charge in [0.2, 0.25) is 10.0 Å². The Kier molecular flexibility index (Phi) is 5.85. The van der Waals surface area contributed by atoms with E-state index in [1.807, 2.05) is 0 Å². The minimum absolute atomic E-state index is 0.165. The highest BCUT2D eigenvalue weighted by Gasteiger charge is 2.29. The Morgan fingerprint density at radius 1 is 1.07 bits per heavy atom. The standard InChI is InChI=1S/C17H19F2N3O4S/c1-25-16-17(21-9-8-20-16)26-13-5-3-12(4-6-13)22-27(23,24)15-10-11(18)2-7-14(15)19/h2,7-10,12-13,22H,3-6H2,1H3. The van der Waals surface area contributed by atoms with E-state index in [2.05, 4.69) is 14.7 Å². The van der Waals surface area contributed by atoms with Crippen molar-refractivity contribution in [2.75, 3.05) is 7.11 Å². The summed E-state index contributed by atoms with van der Waals surface area (Å²) < 4.78 is 65.1. The number of ether oxygens (including phenoxy) is 2. The quantitative estimate of drug-likeness (QED) is 0.802. The van der Waals surface area contributed by atoms with E-state index in [0.29, 0.717) is 31.7 Å². The normalized spacial score (nSPS) is 20.3. The van der Waals surface area contributed by atoms with Crippen LogP contribution in [0.1, 0.15) is 25.7 Å². The topological polar surface area (TPSA) is 90.4 Å². The van der Waals surface area contributed by atoms with Gasteiger partial charge in [-0.3, -0.25) is 0 Å². The van der Waals surface area contributed by atoms with E-state index in [0.717, 1.165) is 12.1 Å². The first-order valence-corrected chi connectivity index (χ1v) is 9.86. The average Bonchev–Trinajstić information content (AvgIpc) is 2.65. The van der Waals surface area contributed by atoms with Gasteiger partial charge in [0.1, 0.15) is 22.6 Å². The molecule has 1 aliphatic carbocycles. The van der Waals surface area contributed by atoms with Crippen molar-refractivity contribution in [3.63, 3.8) is 0 Å². The van der Waals surface area contributed by atoms with Gasteiger partial charge in [0, 0.05) is 18.4 Å². The maximum absolute atomic E-state index is 13.8. The van der Waals surface area contributed by atoms with Crippen LogP contribution in [-0.4, -0.2) is 37.6 Å². The van der Waals surface area contributed by atoms with E-state index in [1.54, 1.807) is 0 Å². The van der Waals surface area contributed by atoms with Gasteiger partial charge in [0.15, 0.2) is 0 Å². The van der Waals surface area contributed by atoms with E-state index in [4.69, 9.17) is 9.47 Å². The molecule has 2 aromatic rings. The maximum atomic E-state index is 13.8. The van der Waals surface area contributed by atoms with Gasteiger partial charge in [-0.25, -0.2) is 31.9 Å². The lowest BCUT2D eigenvalue weighted by atomic mass is 9.94. The van der Waals surface area contributed by atoms with Crippen molar-refractivity contribution in [3.8, 4) is 11.8 Å². The van der Waals surface area contributed by atoms with Crippen LogP contribution in [0.25, 0.3) is 0 Å². The zero-order valence-corrected chi connectivity index (χ0v) is 15.4. The second kappa shape index (κ2) is 8.13. The van der Waals surface area contributed by atoms with Gasteiger partial charge in [-0.15, -0.1) is 0 Å². The molecule has 0 atom stereocenters. The molecule has 3 rings (SSSR count). The Bertz CT molecular complexity index is 903. The fourth-order valence-electron chi connectivity index (χ4n) is 2.96. The van der Waals surface area contributed by atoms with Crippen molar-refractivity contribution in [2.45, 2.75) is 42.7 Å². The summed E-state index contributed by atoms with van der Waals surface area (Å²) in [6.45, 7) is 0. The van der Waals surface area contributed by atoms with Crippen molar-refractivity contribution in [1.82, 2.24) is 14.7 Å². The third-order valence-corrected chi connectivity index (χ3v) is 5.82. The Labute approximate surface area is 155 Å². The summed E-state index contributed by atoms with van der Waals surface area (Å²) in [5.74, 6) is -1.24. The Hall–Kier alpha value is -2.33. The van der Waals surface area contributed by atoms with Crippen LogP contribution in [0.15, 0.2) is 35.5 Å². The molecular formula is C17H19F2N3O4S. The maximum Gasteiger partial charge on any atom is 0.278 e. The molecule has 27 heavy (non-hydrogen) atoms. The molecule has 7 nitrogen and oxygen atoms in total. The monoisotopic (exact) mass is 399 g/mol. The predicted octanol–water partition coefficient (Wildman–Crippen LogP) is 2.43. The van der Waals surface area contributed by atoms with Crippen LogP contribution in [-0.2, 0) is 10.0 Å². The lowest BCUT2D eigenvalue weighted by Gasteiger charge is -2.29. The number of sulfonamides is 1. The number of hydrogen-bond acceptors (Lipinski definition) is 6. The predicted molar refractivity (Wildman–Crippen MR) is 91.9 cm³/mol. The van der Waals surface area contributed by atoms with E-state index in [-0.39, 0.29) is 23.9 Å². The molecule has 10 heteroatoms. The van der Waals surface area contributed by atoms with Crippen molar-refractivity contribution in [2.24, 2.45) is 0 Å². The van der Waals surface area contributed by atoms with Crippen LogP contribution in [0, 0.1) is 11.6 Å². The van der Waals surface area contributed by atoms with E-state index >= 15 is 0 Å². The number of benzene rings is 1. The molecule has 0 aliphatic heterocycles. The molecule has 1 N–H and O–H groups in total. The van der Waals surface area contributed by atoms with Gasteiger partial charge in [0.25, 0.3) is 11.8 Å². The number of halogens is 2. The first kappa shape index (κ1) is 19.4. The first-order chi connectivity index (χ1) is 12.9. The van der Waals surface area contributed by atoms with Gasteiger partial charge < -0.3 is 9.47 Å². The largest absolute Gasteiger partial charge is 0.477 e. The van der Waals surface area contributed by atoms with E-state index < -0.39 is 26.6 Å². The summed E-state index contributed by atoms with van der Waals surface area (Å²) >= 11 is 0. The molecule has 1 aromatic heterocycles. The second-order valence-electron chi connectivity index (χ2n) is 6.16. The molecule has 1 saturated carbocycles. The van der Waals surface area contributed by atoms with Gasteiger partial charge >= 0.3 is 0 Å². The van der Waals surface area contributed by atoms with Crippen LogP contribution in [0.3, 0.4) is 0 Å². The number of methoxy groups -OCH3 is 1. The highest BCUT2D eigenvalue weighted by molar-refractivity contribution is 7.89. The minimum atomic E-state index is -4.15. The number of rotatable bonds is 6. The molecule has 0 amide bonds. The molecule has 1 fully saturated rings. The second-order valence-corrected chi connectivity index (χ2v) is 7.84. The van der Waals surface area contributed by atoms with E-state index in [9.17, 15) is 17.2 Å². The minimum Gasteiger partial charge on any atom is -0.477 e. The molecule has 1 aliphatic rings. The highest BCUT2D eigenvalue weighted by Crippen LogP contribution is 2.28. The third kappa shape index (κ3) is 4.69. The molecule has 0 spiro atoms. The zero-order chi connectivity index (χ0) is 19.4. The fraction of sp³-hybridized carbons (Fsp3) is 0.412. The summed E-state index contributed by atoms with van der Waals surface area (Å²) in [4.78, 5) is 7.40. The summed E-state index contributed by atoms with van der Waals surface area (Å²) in [6, 6.07) is 1.95. The van der Waals surface area contributed by atoms with Crippen LogP contribution in [0.2, 0.25) is 0 Å². The number of nitrogens with zero attached hydrogens (tertiary/aromatic N) is 2. The zero-order valence-electron chi connectivity index (χ0n) is 14.6. The van der Waals surface area contributed by atoms with E-state index in [1.165, 1.54) is 19.5 Å². The number of nitrogens with one attached hydrogen (secondary N) is 1. The molecule has 0 radical (unpaired) electrons. The van der Waals surface area contributed by atoms with Crippen molar-refractivity contribution >= 4 is 10.0 Å². The third-order valence-electron chi connectivity index (χ3n) is 4.28. The lowest BCUT2D eigenvalue weighted by Crippen LogP contribution is -2.40. The van der Waals surface area contributed by atoms with Crippen molar-refractivity contribution < 1.29 is 26.7 Å². The van der Waals surface area contributed by atoms with Crippen LogP contribution >= 0.6 is 0 Å². The molecule has 0 unspecified atom stereocenters. The van der Waals surface area contributed by atoms with Crippen LogP contribution in [0.5, 0.6) is 11.8 Å². The van der Waals surface area contributed by atoms with Gasteiger partial charge in [-0.1, -0.05) is 0 Å². The Morgan fingerprint density at radius 3 is 2.41 bits per heavy atom. The SMILES string of the molecule is COc1nccnc1OC1CCC(NS(=O)(=O)c2cc(F)ccc2F)CC1. The first-order valence-electron chi connectivity index (χ1n) is 8.38.